The van der Waals surface area contributed by atoms with Crippen molar-refractivity contribution in [3.05, 3.63) is 30.0 Å². The Morgan fingerprint density at radius 1 is 1.33 bits per heavy atom. The second kappa shape index (κ2) is 4.39. The zero-order valence-electron chi connectivity index (χ0n) is 11.2. The molecule has 0 aliphatic heterocycles. The molecule has 1 heterocycles. The number of nitrogens with one attached hydrogen (secondary N) is 1. The number of hydrogen-bond donors (Lipinski definition) is 1. The van der Waals surface area contributed by atoms with Gasteiger partial charge in [0.2, 0.25) is 0 Å². The zero-order chi connectivity index (χ0) is 12.6. The molecule has 3 rings (SSSR count). The number of fused-ring (bicyclic) bond motifs is 1. The lowest BCUT2D eigenvalue weighted by molar-refractivity contribution is 0.175. The lowest BCUT2D eigenvalue weighted by Crippen LogP contribution is -2.49. The molecule has 0 atom stereocenters. The van der Waals surface area contributed by atoms with Gasteiger partial charge >= 0.3 is 0 Å². The maximum absolute atomic E-state index is 4.64. The topological polar surface area (TPSA) is 29.9 Å². The van der Waals surface area contributed by atoms with Crippen molar-refractivity contribution in [2.75, 3.05) is 0 Å². The summed E-state index contributed by atoms with van der Waals surface area (Å²) in [4.78, 5) is 0. The first kappa shape index (κ1) is 11.7. The second-order valence-corrected chi connectivity index (χ2v) is 5.43. The van der Waals surface area contributed by atoms with Crippen molar-refractivity contribution in [1.29, 1.82) is 0 Å². The van der Waals surface area contributed by atoms with Gasteiger partial charge in [-0.1, -0.05) is 25.1 Å². The molecule has 0 amide bonds. The first-order valence-corrected chi connectivity index (χ1v) is 6.90. The van der Waals surface area contributed by atoms with E-state index in [1.165, 1.54) is 42.3 Å². The van der Waals surface area contributed by atoms with Crippen LogP contribution in [-0.4, -0.2) is 15.3 Å². The van der Waals surface area contributed by atoms with Gasteiger partial charge in [0.15, 0.2) is 0 Å². The molecule has 3 heteroatoms. The number of rotatable bonds is 4. The molecule has 0 unspecified atom stereocenters. The lowest BCUT2D eigenvalue weighted by atomic mass is 9.75. The molecule has 0 saturated heterocycles. The molecule has 1 aromatic heterocycles. The van der Waals surface area contributed by atoms with Crippen molar-refractivity contribution in [2.24, 2.45) is 7.05 Å². The van der Waals surface area contributed by atoms with Crippen LogP contribution in [0.5, 0.6) is 0 Å². The van der Waals surface area contributed by atoms with Crippen molar-refractivity contribution in [1.82, 2.24) is 15.1 Å². The quantitative estimate of drug-likeness (QED) is 0.894. The van der Waals surface area contributed by atoms with Crippen LogP contribution in [0.3, 0.4) is 0 Å². The summed E-state index contributed by atoms with van der Waals surface area (Å²) in [5.74, 6) is 0. The minimum Gasteiger partial charge on any atom is -0.306 e. The van der Waals surface area contributed by atoms with Gasteiger partial charge in [0, 0.05) is 24.5 Å². The highest BCUT2D eigenvalue weighted by Crippen LogP contribution is 2.35. The number of nitrogens with zero attached hydrogens (tertiary/aromatic N) is 2. The molecule has 1 aliphatic rings. The summed E-state index contributed by atoms with van der Waals surface area (Å²) < 4.78 is 1.98. The van der Waals surface area contributed by atoms with E-state index in [2.05, 4.69) is 41.6 Å². The Morgan fingerprint density at radius 2 is 2.11 bits per heavy atom. The van der Waals surface area contributed by atoms with E-state index in [0.29, 0.717) is 5.54 Å². The van der Waals surface area contributed by atoms with Crippen LogP contribution in [0, 0.1) is 0 Å². The smallest absolute Gasteiger partial charge is 0.0841 e. The molecule has 0 spiro atoms. The fourth-order valence-corrected chi connectivity index (χ4v) is 2.95. The lowest BCUT2D eigenvalue weighted by Gasteiger charge is -2.42. The Labute approximate surface area is 108 Å². The van der Waals surface area contributed by atoms with Crippen LogP contribution in [0.4, 0.5) is 0 Å². The standard InChI is InChI=1S/C15H21N3/c1-3-15(9-6-10-15)16-11-13-12-7-4-5-8-14(12)18(2)17-13/h4-5,7-8,16H,3,6,9-11H2,1-2H3. The summed E-state index contributed by atoms with van der Waals surface area (Å²) in [5.41, 5.74) is 2.78. The Balaban J connectivity index is 1.82. The Kier molecular flexibility index (Phi) is 2.86. The Hall–Kier alpha value is -1.35. The largest absolute Gasteiger partial charge is 0.306 e. The van der Waals surface area contributed by atoms with E-state index in [9.17, 15) is 0 Å². The van der Waals surface area contributed by atoms with Gasteiger partial charge in [-0.15, -0.1) is 0 Å². The molecule has 0 bridgehead atoms. The molecule has 0 radical (unpaired) electrons. The predicted molar refractivity (Wildman–Crippen MR) is 74.4 cm³/mol. The summed E-state index contributed by atoms with van der Waals surface area (Å²) in [6.45, 7) is 3.16. The fourth-order valence-electron chi connectivity index (χ4n) is 2.95. The van der Waals surface area contributed by atoms with Gasteiger partial charge in [0.25, 0.3) is 0 Å². The monoisotopic (exact) mass is 243 g/mol. The van der Waals surface area contributed by atoms with Crippen LogP contribution in [0.25, 0.3) is 10.9 Å². The third kappa shape index (κ3) is 1.83. The summed E-state index contributed by atoms with van der Waals surface area (Å²) in [6, 6.07) is 8.46. The number of hydrogen-bond acceptors (Lipinski definition) is 2. The maximum Gasteiger partial charge on any atom is 0.0841 e. The van der Waals surface area contributed by atoms with Crippen molar-refractivity contribution in [2.45, 2.75) is 44.7 Å². The molecule has 1 aromatic carbocycles. The number of para-hydroxylation sites is 1. The summed E-state index contributed by atoms with van der Waals surface area (Å²) in [5, 5.41) is 9.64. The normalized spacial score (nSPS) is 17.9. The highest BCUT2D eigenvalue weighted by atomic mass is 15.3. The van der Waals surface area contributed by atoms with Gasteiger partial charge < -0.3 is 5.32 Å². The molecule has 1 aliphatic carbocycles. The molecule has 3 nitrogen and oxygen atoms in total. The Morgan fingerprint density at radius 3 is 2.78 bits per heavy atom. The van der Waals surface area contributed by atoms with Gasteiger partial charge in [0.1, 0.15) is 0 Å². The SMILES string of the molecule is CCC1(NCc2nn(C)c3ccccc23)CCC1. The molecule has 2 aromatic rings. The van der Waals surface area contributed by atoms with Gasteiger partial charge in [-0.3, -0.25) is 4.68 Å². The fraction of sp³-hybridized carbons (Fsp3) is 0.533. The highest BCUT2D eigenvalue weighted by Gasteiger charge is 2.34. The number of aromatic nitrogens is 2. The van der Waals surface area contributed by atoms with E-state index in [1.807, 2.05) is 11.7 Å². The second-order valence-electron chi connectivity index (χ2n) is 5.43. The van der Waals surface area contributed by atoms with Gasteiger partial charge in [0.05, 0.1) is 11.2 Å². The van der Waals surface area contributed by atoms with E-state index >= 15 is 0 Å². The highest BCUT2D eigenvalue weighted by molar-refractivity contribution is 5.81. The van der Waals surface area contributed by atoms with E-state index in [-0.39, 0.29) is 0 Å². The van der Waals surface area contributed by atoms with Crippen LogP contribution in [0.1, 0.15) is 38.3 Å². The van der Waals surface area contributed by atoms with Gasteiger partial charge in [-0.2, -0.15) is 5.10 Å². The molecular weight excluding hydrogens is 222 g/mol. The molecule has 1 N–H and O–H groups in total. The summed E-state index contributed by atoms with van der Waals surface area (Å²) >= 11 is 0. The van der Waals surface area contributed by atoms with Crippen molar-refractivity contribution >= 4 is 10.9 Å². The zero-order valence-corrected chi connectivity index (χ0v) is 11.2. The average Bonchev–Trinajstić information content (AvgIpc) is 2.67. The van der Waals surface area contributed by atoms with Crippen LogP contribution in [0.15, 0.2) is 24.3 Å². The summed E-state index contributed by atoms with van der Waals surface area (Å²) in [6.07, 6.45) is 5.21. The van der Waals surface area contributed by atoms with E-state index < -0.39 is 0 Å². The van der Waals surface area contributed by atoms with Crippen LogP contribution in [-0.2, 0) is 13.6 Å². The van der Waals surface area contributed by atoms with Gasteiger partial charge in [-0.05, 0) is 31.7 Å². The molecule has 18 heavy (non-hydrogen) atoms. The number of aryl methyl sites for hydroxylation is 1. The predicted octanol–water partition coefficient (Wildman–Crippen LogP) is 3.00. The van der Waals surface area contributed by atoms with E-state index in [0.717, 1.165) is 6.54 Å². The third-order valence-corrected chi connectivity index (χ3v) is 4.45. The minimum absolute atomic E-state index is 0.388. The molecule has 1 saturated carbocycles. The average molecular weight is 243 g/mol. The molecular formula is C15H21N3. The van der Waals surface area contributed by atoms with E-state index in [4.69, 9.17) is 0 Å². The first-order chi connectivity index (χ1) is 8.74. The van der Waals surface area contributed by atoms with Crippen LogP contribution in [0.2, 0.25) is 0 Å². The molecule has 96 valence electrons. The van der Waals surface area contributed by atoms with Crippen molar-refractivity contribution < 1.29 is 0 Å². The first-order valence-electron chi connectivity index (χ1n) is 6.90. The summed E-state index contributed by atoms with van der Waals surface area (Å²) in [7, 11) is 2.02. The Bertz CT molecular complexity index is 546. The minimum atomic E-state index is 0.388. The third-order valence-electron chi connectivity index (χ3n) is 4.45. The maximum atomic E-state index is 4.64. The number of benzene rings is 1. The van der Waals surface area contributed by atoms with Crippen LogP contribution >= 0.6 is 0 Å². The van der Waals surface area contributed by atoms with Crippen molar-refractivity contribution in [3.63, 3.8) is 0 Å². The van der Waals surface area contributed by atoms with Crippen molar-refractivity contribution in [3.8, 4) is 0 Å². The van der Waals surface area contributed by atoms with E-state index in [1.54, 1.807) is 0 Å². The molecule has 1 fully saturated rings. The van der Waals surface area contributed by atoms with Crippen LogP contribution < -0.4 is 5.32 Å². The van der Waals surface area contributed by atoms with Gasteiger partial charge in [-0.25, -0.2) is 0 Å².